The highest BCUT2D eigenvalue weighted by Crippen LogP contribution is 2.38. The summed E-state index contributed by atoms with van der Waals surface area (Å²) in [5.41, 5.74) is -0.809. The van der Waals surface area contributed by atoms with E-state index in [0.717, 1.165) is 12.5 Å². The molecule has 1 amide bonds. The number of aromatic nitrogens is 2. The van der Waals surface area contributed by atoms with Crippen LogP contribution in [0.1, 0.15) is 44.5 Å². The van der Waals surface area contributed by atoms with E-state index in [1.54, 1.807) is 0 Å². The highest BCUT2D eigenvalue weighted by molar-refractivity contribution is 7.90. The summed E-state index contributed by atoms with van der Waals surface area (Å²) in [4.78, 5) is 33.6. The molecule has 0 unspecified atom stereocenters. The van der Waals surface area contributed by atoms with Crippen LogP contribution in [-0.4, -0.2) is 43.0 Å². The number of nitrogens with zero attached hydrogens (tertiary/aromatic N) is 2. The summed E-state index contributed by atoms with van der Waals surface area (Å²) in [5.74, 6) is -0.489. The van der Waals surface area contributed by atoms with Gasteiger partial charge in [-0.1, -0.05) is 6.92 Å². The standard InChI is InChI=1S/C26H29FN4O5S/c1-5-36-17-8-10-20(27)19(13-17)21-11-9-18(23(29-21)31-15-16(2)14-26(31,3)4)24(32)30-37(34,35)22-7-6-12-28-25(22)33/h6-13,16H,5,14-15H2,1-4H3,(H,28,33)(H,30,32)/t16-/m0/s1. The summed E-state index contributed by atoms with van der Waals surface area (Å²) in [7, 11) is -4.47. The molecule has 0 saturated carbocycles. The van der Waals surface area contributed by atoms with Crippen LogP contribution in [0, 0.1) is 11.7 Å². The van der Waals surface area contributed by atoms with E-state index in [4.69, 9.17) is 4.74 Å². The Hall–Kier alpha value is -3.73. The first-order chi connectivity index (χ1) is 17.4. The smallest absolute Gasteiger partial charge is 0.269 e. The second kappa shape index (κ2) is 9.97. The molecule has 37 heavy (non-hydrogen) atoms. The molecule has 11 heteroatoms. The van der Waals surface area contributed by atoms with Crippen molar-refractivity contribution < 1.29 is 22.3 Å². The van der Waals surface area contributed by atoms with Gasteiger partial charge in [0, 0.05) is 23.8 Å². The van der Waals surface area contributed by atoms with Crippen LogP contribution in [0.4, 0.5) is 10.2 Å². The van der Waals surface area contributed by atoms with Crippen molar-refractivity contribution in [3.05, 3.63) is 70.4 Å². The van der Waals surface area contributed by atoms with Crippen LogP contribution in [0.15, 0.2) is 58.4 Å². The topological polar surface area (TPSA) is 121 Å². The largest absolute Gasteiger partial charge is 0.494 e. The van der Waals surface area contributed by atoms with Gasteiger partial charge in [-0.3, -0.25) is 9.59 Å². The van der Waals surface area contributed by atoms with Crippen molar-refractivity contribution in [2.45, 2.75) is 44.6 Å². The quantitative estimate of drug-likeness (QED) is 0.479. The Morgan fingerprint density at radius 1 is 1.27 bits per heavy atom. The van der Waals surface area contributed by atoms with E-state index >= 15 is 0 Å². The number of benzene rings is 1. The van der Waals surface area contributed by atoms with Crippen LogP contribution < -0.4 is 19.9 Å². The fourth-order valence-electron chi connectivity index (χ4n) is 4.75. The Morgan fingerprint density at radius 2 is 2.03 bits per heavy atom. The molecule has 0 bridgehead atoms. The summed E-state index contributed by atoms with van der Waals surface area (Å²) < 4.78 is 48.0. The van der Waals surface area contributed by atoms with Crippen molar-refractivity contribution in [3.63, 3.8) is 0 Å². The number of aromatic amines is 1. The van der Waals surface area contributed by atoms with E-state index in [0.29, 0.717) is 18.9 Å². The third-order valence-electron chi connectivity index (χ3n) is 6.27. The lowest BCUT2D eigenvalue weighted by molar-refractivity contribution is 0.0981. The number of nitrogens with one attached hydrogen (secondary N) is 2. The molecule has 4 rings (SSSR count). The van der Waals surface area contributed by atoms with E-state index in [1.807, 2.05) is 30.4 Å². The van der Waals surface area contributed by atoms with Gasteiger partial charge in [0.1, 0.15) is 17.4 Å². The fourth-order valence-corrected chi connectivity index (χ4v) is 5.77. The molecule has 0 radical (unpaired) electrons. The Labute approximate surface area is 214 Å². The minimum atomic E-state index is -4.47. The van der Waals surface area contributed by atoms with Gasteiger partial charge < -0.3 is 14.6 Å². The molecule has 9 nitrogen and oxygen atoms in total. The van der Waals surface area contributed by atoms with Crippen molar-refractivity contribution in [2.75, 3.05) is 18.1 Å². The molecule has 0 aliphatic carbocycles. The molecule has 1 aliphatic heterocycles. The average molecular weight is 529 g/mol. The molecule has 1 aliphatic rings. The van der Waals surface area contributed by atoms with Gasteiger partial charge in [0.05, 0.1) is 17.9 Å². The molecule has 2 N–H and O–H groups in total. The molecule has 1 fully saturated rings. The highest BCUT2D eigenvalue weighted by atomic mass is 32.2. The Balaban J connectivity index is 1.81. The van der Waals surface area contributed by atoms with Crippen molar-refractivity contribution >= 4 is 21.7 Å². The average Bonchev–Trinajstić information content (AvgIpc) is 3.11. The van der Waals surface area contributed by atoms with Crippen molar-refractivity contribution in [2.24, 2.45) is 5.92 Å². The molecule has 1 saturated heterocycles. The summed E-state index contributed by atoms with van der Waals surface area (Å²) in [5, 5.41) is 0. The first-order valence-corrected chi connectivity index (χ1v) is 13.4. The highest BCUT2D eigenvalue weighted by Gasteiger charge is 2.39. The molecule has 1 aromatic carbocycles. The van der Waals surface area contributed by atoms with Crippen molar-refractivity contribution in [1.82, 2.24) is 14.7 Å². The van der Waals surface area contributed by atoms with Crippen LogP contribution in [0.3, 0.4) is 0 Å². The lowest BCUT2D eigenvalue weighted by Gasteiger charge is -2.34. The first-order valence-electron chi connectivity index (χ1n) is 11.9. The molecule has 3 aromatic rings. The zero-order valence-electron chi connectivity index (χ0n) is 21.0. The van der Waals surface area contributed by atoms with Crippen molar-refractivity contribution in [3.8, 4) is 17.0 Å². The minimum absolute atomic E-state index is 0.0109. The SMILES string of the molecule is CCOc1ccc(F)c(-c2ccc(C(=O)NS(=O)(=O)c3ccc[nH]c3=O)c(N3C[C@@H](C)CC3(C)C)n2)c1. The van der Waals surface area contributed by atoms with Crippen LogP contribution >= 0.6 is 0 Å². The zero-order chi connectivity index (χ0) is 27.0. The third kappa shape index (κ3) is 5.36. The van der Waals surface area contributed by atoms with Gasteiger partial charge >= 0.3 is 0 Å². The van der Waals surface area contributed by atoms with Crippen molar-refractivity contribution in [1.29, 1.82) is 0 Å². The number of H-pyrrole nitrogens is 1. The molecule has 0 spiro atoms. The summed E-state index contributed by atoms with van der Waals surface area (Å²) in [6.45, 7) is 8.87. The monoisotopic (exact) mass is 528 g/mol. The van der Waals surface area contributed by atoms with E-state index in [-0.39, 0.29) is 28.6 Å². The molecular formula is C26H29FN4O5S. The van der Waals surface area contributed by atoms with E-state index < -0.39 is 37.7 Å². The predicted molar refractivity (Wildman–Crippen MR) is 138 cm³/mol. The first kappa shape index (κ1) is 26.3. The van der Waals surface area contributed by atoms with Crippen LogP contribution in [0.5, 0.6) is 5.75 Å². The van der Waals surface area contributed by atoms with Crippen LogP contribution in [-0.2, 0) is 10.0 Å². The Morgan fingerprint density at radius 3 is 2.68 bits per heavy atom. The summed E-state index contributed by atoms with van der Waals surface area (Å²) >= 11 is 0. The second-order valence-electron chi connectivity index (χ2n) is 9.67. The maximum atomic E-state index is 14.8. The number of rotatable bonds is 7. The van der Waals surface area contributed by atoms with Gasteiger partial charge in [-0.2, -0.15) is 0 Å². The van der Waals surface area contributed by atoms with Gasteiger partial charge in [-0.05, 0) is 75.6 Å². The maximum Gasteiger partial charge on any atom is 0.269 e. The van der Waals surface area contributed by atoms with Gasteiger partial charge in [0.25, 0.3) is 21.5 Å². The van der Waals surface area contributed by atoms with Crippen LogP contribution in [0.25, 0.3) is 11.3 Å². The van der Waals surface area contributed by atoms with Gasteiger partial charge in [-0.25, -0.2) is 22.5 Å². The number of pyridine rings is 2. The van der Waals surface area contributed by atoms with E-state index in [1.165, 1.54) is 42.6 Å². The number of anilines is 1. The molecule has 3 heterocycles. The number of carbonyl (C=O) groups is 1. The number of sulfonamides is 1. The van der Waals surface area contributed by atoms with Gasteiger partial charge in [0.15, 0.2) is 4.90 Å². The summed E-state index contributed by atoms with van der Waals surface area (Å²) in [6, 6.07) is 9.68. The molecular weight excluding hydrogens is 499 g/mol. The number of hydrogen-bond acceptors (Lipinski definition) is 7. The molecule has 196 valence electrons. The lowest BCUT2D eigenvalue weighted by atomic mass is 9.97. The minimum Gasteiger partial charge on any atom is -0.494 e. The Kier molecular flexibility index (Phi) is 7.09. The van der Waals surface area contributed by atoms with Gasteiger partial charge in [0.2, 0.25) is 0 Å². The number of amides is 1. The summed E-state index contributed by atoms with van der Waals surface area (Å²) in [6.07, 6.45) is 2.10. The third-order valence-corrected chi connectivity index (χ3v) is 7.63. The normalized spacial score (nSPS) is 17.0. The number of halogens is 1. The maximum absolute atomic E-state index is 14.8. The Bertz CT molecular complexity index is 1500. The zero-order valence-corrected chi connectivity index (χ0v) is 21.9. The number of carbonyl (C=O) groups excluding carboxylic acids is 1. The van der Waals surface area contributed by atoms with E-state index in [2.05, 4.69) is 16.9 Å². The fraction of sp³-hybridized carbons (Fsp3) is 0.346. The second-order valence-corrected chi connectivity index (χ2v) is 11.3. The molecule has 2 aromatic heterocycles. The van der Waals surface area contributed by atoms with Crippen LogP contribution in [0.2, 0.25) is 0 Å². The number of hydrogen-bond donors (Lipinski definition) is 2. The van der Waals surface area contributed by atoms with Gasteiger partial charge in [-0.15, -0.1) is 0 Å². The predicted octanol–water partition coefficient (Wildman–Crippen LogP) is 3.72. The molecule has 1 atom stereocenters. The van der Waals surface area contributed by atoms with E-state index in [9.17, 15) is 22.4 Å². The number of ether oxygens (including phenoxy) is 1. The lowest BCUT2D eigenvalue weighted by Crippen LogP contribution is -2.41.